The second-order valence-corrected chi connectivity index (χ2v) is 6.43. The standard InChI is InChI=1S/C19H15F6NO2/c1-2-26-9-5-8-17(28,19(23,24)25)14-10-13(16(27)18(20,21)22)11-6-3-4-7-12(11)15(14)26/h3-7,9-10,28H,2,8H2,1H3. The molecule has 1 aliphatic heterocycles. The number of ketones is 1. The lowest BCUT2D eigenvalue weighted by Gasteiger charge is -2.33. The van der Waals surface area contributed by atoms with Gasteiger partial charge in [-0.2, -0.15) is 26.3 Å². The smallest absolute Gasteiger partial charge is 0.376 e. The number of anilines is 1. The highest BCUT2D eigenvalue weighted by Gasteiger charge is 2.56. The van der Waals surface area contributed by atoms with Gasteiger partial charge in [0, 0.05) is 35.7 Å². The van der Waals surface area contributed by atoms with Gasteiger partial charge in [0.1, 0.15) is 0 Å². The van der Waals surface area contributed by atoms with E-state index in [1.54, 1.807) is 6.92 Å². The van der Waals surface area contributed by atoms with E-state index in [1.165, 1.54) is 35.4 Å². The van der Waals surface area contributed by atoms with E-state index in [4.69, 9.17) is 0 Å². The van der Waals surface area contributed by atoms with Crippen molar-refractivity contribution in [1.82, 2.24) is 0 Å². The molecule has 1 heterocycles. The molecule has 1 N–H and O–H groups in total. The van der Waals surface area contributed by atoms with Crippen molar-refractivity contribution >= 4 is 22.2 Å². The Morgan fingerprint density at radius 1 is 1.14 bits per heavy atom. The minimum absolute atomic E-state index is 0.0173. The number of nitrogens with zero attached hydrogens (tertiary/aromatic N) is 1. The number of alkyl halides is 6. The Hall–Kier alpha value is -2.55. The van der Waals surface area contributed by atoms with Gasteiger partial charge in [-0.15, -0.1) is 0 Å². The number of hydrogen-bond acceptors (Lipinski definition) is 3. The highest BCUT2D eigenvalue weighted by atomic mass is 19.4. The van der Waals surface area contributed by atoms with Gasteiger partial charge in [0.15, 0.2) is 5.60 Å². The molecular weight excluding hydrogens is 388 g/mol. The molecule has 0 spiro atoms. The molecule has 0 saturated carbocycles. The van der Waals surface area contributed by atoms with Crippen LogP contribution in [0.3, 0.4) is 0 Å². The zero-order valence-electron chi connectivity index (χ0n) is 14.5. The summed E-state index contributed by atoms with van der Waals surface area (Å²) in [6.45, 7) is 1.85. The molecule has 3 rings (SSSR count). The van der Waals surface area contributed by atoms with Crippen molar-refractivity contribution in [3.05, 3.63) is 53.7 Å². The quantitative estimate of drug-likeness (QED) is 0.562. The minimum atomic E-state index is -5.28. The van der Waals surface area contributed by atoms with E-state index in [1.807, 2.05) is 0 Å². The van der Waals surface area contributed by atoms with Crippen LogP contribution in [0.25, 0.3) is 10.8 Å². The Labute approximate surface area is 155 Å². The van der Waals surface area contributed by atoms with Crippen LogP contribution in [0, 0.1) is 0 Å². The third-order valence-corrected chi connectivity index (χ3v) is 4.76. The molecule has 28 heavy (non-hydrogen) atoms. The van der Waals surface area contributed by atoms with Crippen molar-refractivity contribution in [2.75, 3.05) is 11.4 Å². The van der Waals surface area contributed by atoms with Gasteiger partial charge in [-0.1, -0.05) is 30.3 Å². The Balaban J connectivity index is 2.49. The second-order valence-electron chi connectivity index (χ2n) is 6.43. The Kier molecular flexibility index (Phi) is 4.69. The summed E-state index contributed by atoms with van der Waals surface area (Å²) in [5, 5.41) is 10.4. The number of rotatable bonds is 2. The monoisotopic (exact) mass is 403 g/mol. The molecule has 0 saturated heterocycles. The number of halogens is 6. The first-order valence-corrected chi connectivity index (χ1v) is 8.32. The fourth-order valence-electron chi connectivity index (χ4n) is 3.39. The summed E-state index contributed by atoms with van der Waals surface area (Å²) in [7, 11) is 0. The van der Waals surface area contributed by atoms with E-state index < -0.39 is 41.3 Å². The number of benzene rings is 2. The van der Waals surface area contributed by atoms with Crippen LogP contribution in [-0.2, 0) is 5.60 Å². The summed E-state index contributed by atoms with van der Waals surface area (Å²) in [5.41, 5.74) is -5.22. The van der Waals surface area contributed by atoms with Crippen molar-refractivity contribution in [2.24, 2.45) is 0 Å². The van der Waals surface area contributed by atoms with Crippen molar-refractivity contribution in [3.63, 3.8) is 0 Å². The fourth-order valence-corrected chi connectivity index (χ4v) is 3.39. The molecule has 0 bridgehead atoms. The van der Waals surface area contributed by atoms with Crippen molar-refractivity contribution in [3.8, 4) is 0 Å². The summed E-state index contributed by atoms with van der Waals surface area (Å²) >= 11 is 0. The molecular formula is C19H15F6NO2. The normalized spacial score (nSPS) is 20.2. The molecule has 0 radical (unpaired) electrons. The number of carbonyl (C=O) groups is 1. The number of carbonyl (C=O) groups excluding carboxylic acids is 1. The highest BCUT2D eigenvalue weighted by Crippen LogP contribution is 2.50. The van der Waals surface area contributed by atoms with Gasteiger partial charge in [0.05, 0.1) is 5.69 Å². The van der Waals surface area contributed by atoms with Gasteiger partial charge < -0.3 is 10.0 Å². The molecule has 1 unspecified atom stereocenters. The second kappa shape index (κ2) is 6.51. The van der Waals surface area contributed by atoms with Crippen LogP contribution in [0.5, 0.6) is 0 Å². The maximum absolute atomic E-state index is 13.8. The molecule has 0 amide bonds. The number of aliphatic hydroxyl groups is 1. The molecule has 1 atom stereocenters. The van der Waals surface area contributed by atoms with E-state index >= 15 is 0 Å². The topological polar surface area (TPSA) is 40.5 Å². The first kappa shape index (κ1) is 20.2. The Morgan fingerprint density at radius 2 is 1.75 bits per heavy atom. The third kappa shape index (κ3) is 3.03. The summed E-state index contributed by atoms with van der Waals surface area (Å²) in [6.07, 6.45) is -8.88. The molecule has 9 heteroatoms. The summed E-state index contributed by atoms with van der Waals surface area (Å²) in [5.74, 6) is -2.27. The largest absolute Gasteiger partial charge is 0.454 e. The van der Waals surface area contributed by atoms with Crippen LogP contribution in [0.4, 0.5) is 32.0 Å². The van der Waals surface area contributed by atoms with Gasteiger partial charge in [0.25, 0.3) is 5.78 Å². The van der Waals surface area contributed by atoms with Crippen molar-refractivity contribution < 1.29 is 36.2 Å². The van der Waals surface area contributed by atoms with E-state index in [-0.39, 0.29) is 23.0 Å². The average molecular weight is 403 g/mol. The zero-order chi connectivity index (χ0) is 20.9. The summed E-state index contributed by atoms with van der Waals surface area (Å²) in [4.78, 5) is 13.4. The van der Waals surface area contributed by atoms with Gasteiger partial charge >= 0.3 is 12.4 Å². The van der Waals surface area contributed by atoms with Crippen LogP contribution in [0.2, 0.25) is 0 Å². The van der Waals surface area contributed by atoms with Gasteiger partial charge in [-0.3, -0.25) is 4.79 Å². The van der Waals surface area contributed by atoms with Gasteiger partial charge in [0.2, 0.25) is 0 Å². The lowest BCUT2D eigenvalue weighted by Crippen LogP contribution is -2.42. The molecule has 0 aliphatic carbocycles. The highest BCUT2D eigenvalue weighted by molar-refractivity contribution is 6.14. The predicted molar refractivity (Wildman–Crippen MR) is 91.1 cm³/mol. The molecule has 150 valence electrons. The maximum Gasteiger partial charge on any atom is 0.454 e. The van der Waals surface area contributed by atoms with Crippen LogP contribution in [0.15, 0.2) is 42.6 Å². The first-order chi connectivity index (χ1) is 12.9. The van der Waals surface area contributed by atoms with Crippen molar-refractivity contribution in [2.45, 2.75) is 31.3 Å². The molecule has 0 aromatic heterocycles. The third-order valence-electron chi connectivity index (χ3n) is 4.76. The first-order valence-electron chi connectivity index (χ1n) is 8.32. The SMILES string of the molecule is CCN1C=CCC(O)(C(F)(F)F)c2cc(C(=O)C(F)(F)F)c3ccccc3c21. The Bertz CT molecular complexity index is 963. The molecule has 0 fully saturated rings. The van der Waals surface area contributed by atoms with E-state index in [2.05, 4.69) is 0 Å². The average Bonchev–Trinajstić information content (AvgIpc) is 2.76. The van der Waals surface area contributed by atoms with Crippen molar-refractivity contribution in [1.29, 1.82) is 0 Å². The number of fused-ring (bicyclic) bond motifs is 3. The fraction of sp³-hybridized carbons (Fsp3) is 0.316. The van der Waals surface area contributed by atoms with Crippen LogP contribution in [0.1, 0.15) is 29.3 Å². The predicted octanol–water partition coefficient (Wildman–Crippen LogP) is 5.08. The van der Waals surface area contributed by atoms with Gasteiger partial charge in [-0.25, -0.2) is 0 Å². The van der Waals surface area contributed by atoms with Crippen LogP contribution >= 0.6 is 0 Å². The van der Waals surface area contributed by atoms with Crippen LogP contribution < -0.4 is 4.90 Å². The lowest BCUT2D eigenvalue weighted by molar-refractivity contribution is -0.265. The lowest BCUT2D eigenvalue weighted by atomic mass is 9.84. The number of hydrogen-bond donors (Lipinski definition) is 1. The van der Waals surface area contributed by atoms with E-state index in [0.29, 0.717) is 6.07 Å². The molecule has 2 aromatic carbocycles. The summed E-state index contributed by atoms with van der Waals surface area (Å²) in [6, 6.07) is 5.93. The minimum Gasteiger partial charge on any atom is -0.376 e. The van der Waals surface area contributed by atoms with Gasteiger partial charge in [-0.05, 0) is 18.4 Å². The van der Waals surface area contributed by atoms with Crippen LogP contribution in [-0.4, -0.2) is 29.8 Å². The van der Waals surface area contributed by atoms with E-state index in [0.717, 1.165) is 6.08 Å². The molecule has 3 nitrogen and oxygen atoms in total. The zero-order valence-corrected chi connectivity index (χ0v) is 14.5. The maximum atomic E-state index is 13.8. The molecule has 2 aromatic rings. The Morgan fingerprint density at radius 3 is 2.29 bits per heavy atom. The number of Topliss-reactive ketones (excluding diaryl/α,β-unsaturated/α-hetero) is 1. The molecule has 1 aliphatic rings. The summed E-state index contributed by atoms with van der Waals surface area (Å²) < 4.78 is 80.6. The van der Waals surface area contributed by atoms with E-state index in [9.17, 15) is 36.2 Å².